The minimum atomic E-state index is -1.04. The topological polar surface area (TPSA) is 43.4 Å². The third kappa shape index (κ3) is 5.43. The van der Waals surface area contributed by atoms with E-state index in [2.05, 4.69) is 0 Å². The normalized spacial score (nSPS) is 9.57. The van der Waals surface area contributed by atoms with E-state index in [1.165, 1.54) is 4.90 Å². The Labute approximate surface area is 42.5 Å². The summed E-state index contributed by atoms with van der Waals surface area (Å²) in [5.74, 6) is -1.04. The summed E-state index contributed by atoms with van der Waals surface area (Å²) in [6, 6.07) is 0. The number of carbonyl (C=O) groups is 1. The quantitative estimate of drug-likeness (QED) is 0.417. The lowest BCUT2D eigenvalue weighted by molar-refractivity contribution is -0.305. The maximum absolute atomic E-state index is 9.66. The molecule has 0 atom stereocenters. The van der Waals surface area contributed by atoms with Crippen molar-refractivity contribution in [1.29, 1.82) is 0 Å². The van der Waals surface area contributed by atoms with Crippen molar-refractivity contribution in [3.8, 4) is 0 Å². The molecule has 0 saturated carbocycles. The van der Waals surface area contributed by atoms with Gasteiger partial charge < -0.3 is 14.8 Å². The van der Waals surface area contributed by atoms with Gasteiger partial charge >= 0.3 is 0 Å². The lowest BCUT2D eigenvalue weighted by Crippen LogP contribution is -2.33. The highest BCUT2D eigenvalue weighted by molar-refractivity contribution is 5.66. The van der Waals surface area contributed by atoms with E-state index >= 15 is 0 Å². The van der Waals surface area contributed by atoms with Crippen molar-refractivity contribution in [2.75, 3.05) is 20.6 Å². The SMILES string of the molecule is CN(C)CC(=O)[O-]. The van der Waals surface area contributed by atoms with Gasteiger partial charge in [0.2, 0.25) is 0 Å². The summed E-state index contributed by atoms with van der Waals surface area (Å²) in [6.07, 6.45) is 0. The third-order valence-corrected chi connectivity index (χ3v) is 0.445. The first-order chi connectivity index (χ1) is 3.13. The molecule has 0 fully saturated rings. The zero-order chi connectivity index (χ0) is 5.86. The molecule has 0 saturated heterocycles. The number of aliphatic carboxylic acids is 1. The molecule has 0 aromatic carbocycles. The number of carboxylic acids is 1. The van der Waals surface area contributed by atoms with Crippen LogP contribution < -0.4 is 5.11 Å². The van der Waals surface area contributed by atoms with Crippen LogP contribution in [0.3, 0.4) is 0 Å². The first kappa shape index (κ1) is 6.43. The molecule has 3 heteroatoms. The average Bonchev–Trinajstić information content (AvgIpc) is 1.27. The molecule has 0 N–H and O–H groups in total. The Morgan fingerprint density at radius 1 is 1.71 bits per heavy atom. The number of nitrogens with zero attached hydrogens (tertiary/aromatic N) is 1. The summed E-state index contributed by atoms with van der Waals surface area (Å²) in [6.45, 7) is 0. The Balaban J connectivity index is 3.13. The van der Waals surface area contributed by atoms with E-state index in [4.69, 9.17) is 0 Å². The molecule has 0 heterocycles. The third-order valence-electron chi connectivity index (χ3n) is 0.445. The lowest BCUT2D eigenvalue weighted by atomic mass is 10.6. The van der Waals surface area contributed by atoms with Crippen molar-refractivity contribution >= 4 is 5.97 Å². The van der Waals surface area contributed by atoms with E-state index in [0.29, 0.717) is 0 Å². The molecule has 0 aliphatic rings. The maximum Gasteiger partial charge on any atom is 0.0554 e. The summed E-state index contributed by atoms with van der Waals surface area (Å²) < 4.78 is 0. The fourth-order valence-electron chi connectivity index (χ4n) is 0.258. The summed E-state index contributed by atoms with van der Waals surface area (Å²) in [4.78, 5) is 11.2. The smallest absolute Gasteiger partial charge is 0.0554 e. The Hall–Kier alpha value is -0.570. The van der Waals surface area contributed by atoms with Crippen LogP contribution in [0.25, 0.3) is 0 Å². The van der Waals surface area contributed by atoms with E-state index in [9.17, 15) is 9.90 Å². The van der Waals surface area contributed by atoms with Gasteiger partial charge in [0.1, 0.15) is 0 Å². The number of carbonyl (C=O) groups excluding carboxylic acids is 1. The van der Waals surface area contributed by atoms with Gasteiger partial charge in [0, 0.05) is 6.54 Å². The molecule has 0 aromatic heterocycles. The van der Waals surface area contributed by atoms with E-state index in [1.807, 2.05) is 0 Å². The second-order valence-corrected chi connectivity index (χ2v) is 1.61. The van der Waals surface area contributed by atoms with Gasteiger partial charge in [-0.2, -0.15) is 0 Å². The van der Waals surface area contributed by atoms with E-state index in [-0.39, 0.29) is 6.54 Å². The zero-order valence-corrected chi connectivity index (χ0v) is 4.47. The fourth-order valence-corrected chi connectivity index (χ4v) is 0.258. The summed E-state index contributed by atoms with van der Waals surface area (Å²) in [7, 11) is 3.35. The zero-order valence-electron chi connectivity index (χ0n) is 4.47. The second kappa shape index (κ2) is 2.58. The molecule has 0 unspecified atom stereocenters. The van der Waals surface area contributed by atoms with Crippen LogP contribution in [0.15, 0.2) is 0 Å². The Morgan fingerprint density at radius 3 is 2.14 bits per heavy atom. The molecule has 0 rings (SSSR count). The van der Waals surface area contributed by atoms with Gasteiger partial charge in [-0.05, 0) is 14.1 Å². The van der Waals surface area contributed by atoms with E-state index in [0.717, 1.165) is 0 Å². The highest BCUT2D eigenvalue weighted by Crippen LogP contribution is 1.66. The fraction of sp³-hybridized carbons (Fsp3) is 0.750. The van der Waals surface area contributed by atoms with Crippen molar-refractivity contribution in [3.63, 3.8) is 0 Å². The van der Waals surface area contributed by atoms with Gasteiger partial charge in [-0.25, -0.2) is 0 Å². The van der Waals surface area contributed by atoms with Crippen LogP contribution in [0.2, 0.25) is 0 Å². The van der Waals surface area contributed by atoms with Crippen LogP contribution in [0.5, 0.6) is 0 Å². The standard InChI is InChI=1S/C4H9NO2/c1-5(2)3-4(6)7/h3H2,1-2H3,(H,6,7)/p-1. The minimum absolute atomic E-state index is 0. The molecule has 0 spiro atoms. The highest BCUT2D eigenvalue weighted by atomic mass is 16.4. The molecule has 0 amide bonds. The summed E-state index contributed by atoms with van der Waals surface area (Å²) in [5, 5.41) is 9.66. The Morgan fingerprint density at radius 2 is 2.14 bits per heavy atom. The van der Waals surface area contributed by atoms with E-state index in [1.54, 1.807) is 14.1 Å². The van der Waals surface area contributed by atoms with Crippen molar-refractivity contribution < 1.29 is 9.90 Å². The lowest BCUT2D eigenvalue weighted by Gasteiger charge is -2.08. The maximum atomic E-state index is 9.66. The van der Waals surface area contributed by atoms with Gasteiger partial charge in [-0.15, -0.1) is 0 Å². The predicted molar refractivity (Wildman–Crippen MR) is 23.6 cm³/mol. The molecule has 0 aliphatic carbocycles. The van der Waals surface area contributed by atoms with Crippen LogP contribution in [0, 0.1) is 0 Å². The van der Waals surface area contributed by atoms with Crippen LogP contribution in [-0.2, 0) is 4.79 Å². The van der Waals surface area contributed by atoms with Crippen molar-refractivity contribution in [2.45, 2.75) is 0 Å². The molecule has 0 bridgehead atoms. The summed E-state index contributed by atoms with van der Waals surface area (Å²) >= 11 is 0. The number of hydrogen-bond donors (Lipinski definition) is 0. The molecule has 0 radical (unpaired) electrons. The first-order valence-corrected chi connectivity index (χ1v) is 1.97. The molecule has 0 aliphatic heterocycles. The second-order valence-electron chi connectivity index (χ2n) is 1.61. The Bertz CT molecular complexity index is 70.1. The largest absolute Gasteiger partial charge is 0.549 e. The number of hydrogen-bond acceptors (Lipinski definition) is 3. The van der Waals surface area contributed by atoms with Gasteiger partial charge in [-0.1, -0.05) is 0 Å². The molecule has 0 aromatic rings. The monoisotopic (exact) mass is 102 g/mol. The average molecular weight is 102 g/mol. The van der Waals surface area contributed by atoms with Crippen molar-refractivity contribution in [1.82, 2.24) is 4.90 Å². The molecule has 7 heavy (non-hydrogen) atoms. The molecule has 42 valence electrons. The molecular weight excluding hydrogens is 94.0 g/mol. The first-order valence-electron chi connectivity index (χ1n) is 1.97. The predicted octanol–water partition coefficient (Wildman–Crippen LogP) is -1.70. The number of carboxylic acid groups (broad SMARTS) is 1. The minimum Gasteiger partial charge on any atom is -0.549 e. The van der Waals surface area contributed by atoms with Gasteiger partial charge in [0.15, 0.2) is 0 Å². The van der Waals surface area contributed by atoms with Crippen molar-refractivity contribution in [3.05, 3.63) is 0 Å². The van der Waals surface area contributed by atoms with Crippen LogP contribution in [0.4, 0.5) is 0 Å². The number of rotatable bonds is 2. The van der Waals surface area contributed by atoms with Crippen LogP contribution in [0.1, 0.15) is 0 Å². The molecular formula is C4H8NO2-. The van der Waals surface area contributed by atoms with Crippen LogP contribution >= 0.6 is 0 Å². The number of likely N-dealkylation sites (N-methyl/N-ethyl adjacent to an activating group) is 1. The van der Waals surface area contributed by atoms with E-state index < -0.39 is 5.97 Å². The van der Waals surface area contributed by atoms with Crippen molar-refractivity contribution in [2.24, 2.45) is 0 Å². The summed E-state index contributed by atoms with van der Waals surface area (Å²) in [5.41, 5.74) is 0. The van der Waals surface area contributed by atoms with Gasteiger partial charge in [-0.3, -0.25) is 0 Å². The van der Waals surface area contributed by atoms with Gasteiger partial charge in [0.05, 0.1) is 5.97 Å². The highest BCUT2D eigenvalue weighted by Gasteiger charge is 1.84. The van der Waals surface area contributed by atoms with Gasteiger partial charge in [0.25, 0.3) is 0 Å². The van der Waals surface area contributed by atoms with Crippen LogP contribution in [-0.4, -0.2) is 31.5 Å². The molecule has 3 nitrogen and oxygen atoms in total. The Kier molecular flexibility index (Phi) is 2.37.